The Kier molecular flexibility index (Phi) is 13.8. The maximum Gasteiger partial charge on any atom is 0.312 e. The highest BCUT2D eigenvalue weighted by molar-refractivity contribution is 7.85. The van der Waals surface area contributed by atoms with Gasteiger partial charge in [0, 0.05) is 67.3 Å². The van der Waals surface area contributed by atoms with Crippen molar-refractivity contribution in [1.29, 1.82) is 0 Å². The second kappa shape index (κ2) is 18.1. The number of allylic oxidation sites excluding steroid dienone is 2. The molecule has 6 N–H and O–H groups in total. The summed E-state index contributed by atoms with van der Waals surface area (Å²) in [6, 6.07) is 3.64. The fraction of sp³-hybridized carbons (Fsp3) is 0.455. The Morgan fingerprint density at radius 2 is 1.63 bits per heavy atom. The van der Waals surface area contributed by atoms with Crippen LogP contribution in [0, 0.1) is 37.5 Å². The Balaban J connectivity index is 0.00000137. The van der Waals surface area contributed by atoms with Crippen molar-refractivity contribution in [2.24, 2.45) is 23.7 Å². The van der Waals surface area contributed by atoms with E-state index in [1.807, 2.05) is 19.1 Å². The molecular formula is C44H55N3O14S. The van der Waals surface area contributed by atoms with Gasteiger partial charge in [0.25, 0.3) is 21.8 Å². The molecule has 0 unspecified atom stereocenters. The van der Waals surface area contributed by atoms with Crippen LogP contribution in [0.3, 0.4) is 0 Å². The van der Waals surface area contributed by atoms with Gasteiger partial charge in [-0.15, -0.1) is 0 Å². The standard InChI is InChI=1S/C43H51N3O11.CH4O3S/c1-19-14-16-46-28(18-19)44-32-29-30-37(50)25(7)40-31(29)41(52)43(9,57-40)55-17-15-27(54-10)22(4)39(56-26(8)47)24(6)36(49)23(5)35(48)20(2)12-11-13-21(3)42(53)45-33(34(32)46)38(30)51;1-5(2,3)4/h11-18,20,22-24,27,35-36,39,48-51H,1-10H3,(H,45,53);1H3,(H,2,3,4)/b12-11+,17-15+,21-13-;/t20-,22+,23+,24+,27-,35-,36+,39+,43-;/m0./s1. The predicted molar refractivity (Wildman–Crippen MR) is 231 cm³/mol. The van der Waals surface area contributed by atoms with Crippen molar-refractivity contribution >= 4 is 60.9 Å². The van der Waals surface area contributed by atoms with Crippen molar-refractivity contribution in [1.82, 2.24) is 9.38 Å². The third-order valence-electron chi connectivity index (χ3n) is 11.5. The van der Waals surface area contributed by atoms with Crippen molar-refractivity contribution in [3.8, 4) is 17.2 Å². The van der Waals surface area contributed by atoms with Gasteiger partial charge in [0.1, 0.15) is 40.0 Å². The molecule has 17 nitrogen and oxygen atoms in total. The number of aliphatic hydroxyl groups is 2. The maximum atomic E-state index is 14.6. The number of aryl methyl sites for hydroxylation is 1. The normalized spacial score (nSPS) is 29.3. The van der Waals surface area contributed by atoms with E-state index in [0.717, 1.165) is 5.56 Å². The Morgan fingerprint density at radius 3 is 2.24 bits per heavy atom. The molecule has 4 heterocycles. The number of phenolic OH excluding ortho intramolecular Hbond substituents is 2. The number of aromatic hydroxyl groups is 2. The molecule has 2 aromatic heterocycles. The lowest BCUT2D eigenvalue weighted by Gasteiger charge is -2.38. The number of hydrogen-bond donors (Lipinski definition) is 6. The summed E-state index contributed by atoms with van der Waals surface area (Å²) in [4.78, 5) is 45.6. The fourth-order valence-corrected chi connectivity index (χ4v) is 8.03. The van der Waals surface area contributed by atoms with Gasteiger partial charge < -0.3 is 44.7 Å². The first-order valence-electron chi connectivity index (χ1n) is 19.9. The molecule has 9 atom stereocenters. The van der Waals surface area contributed by atoms with Gasteiger partial charge in [-0.3, -0.25) is 23.3 Å². The summed E-state index contributed by atoms with van der Waals surface area (Å²) in [6.07, 6.45) is 6.34. The van der Waals surface area contributed by atoms with E-state index < -0.39 is 87.4 Å². The van der Waals surface area contributed by atoms with Gasteiger partial charge in [-0.1, -0.05) is 45.9 Å². The number of nitrogens with one attached hydrogen (secondary N) is 1. The molecule has 2 aliphatic heterocycles. The number of Topliss-reactive ketones (excluding diaryl/α,β-unsaturated/α-hetero) is 1. The third kappa shape index (κ3) is 9.29. The average molecular weight is 882 g/mol. The number of aliphatic hydroxyl groups excluding tert-OH is 2. The van der Waals surface area contributed by atoms with Crippen LogP contribution in [0.1, 0.15) is 70.0 Å². The number of pyridine rings is 1. The second-order valence-corrected chi connectivity index (χ2v) is 17.8. The van der Waals surface area contributed by atoms with Crippen molar-refractivity contribution in [3.63, 3.8) is 0 Å². The predicted octanol–water partition coefficient (Wildman–Crippen LogP) is 5.66. The molecule has 0 saturated carbocycles. The number of nitrogens with zero attached hydrogens (tertiary/aromatic N) is 2. The smallest absolute Gasteiger partial charge is 0.312 e. The number of phenols is 2. The Labute approximate surface area is 359 Å². The van der Waals surface area contributed by atoms with Crippen LogP contribution < -0.4 is 10.1 Å². The van der Waals surface area contributed by atoms with Crippen LogP contribution in [-0.4, -0.2) is 104 Å². The van der Waals surface area contributed by atoms with E-state index in [1.54, 1.807) is 63.4 Å². The quantitative estimate of drug-likeness (QED) is 0.0807. The number of aromatic nitrogens is 2. The Hall–Kier alpha value is -5.53. The number of anilines is 1. The zero-order valence-electron chi connectivity index (χ0n) is 36.5. The number of carbonyl (C=O) groups is 3. The molecule has 0 radical (unpaired) electrons. The molecule has 2 aliphatic rings. The van der Waals surface area contributed by atoms with Crippen molar-refractivity contribution in [3.05, 3.63) is 71.2 Å². The van der Waals surface area contributed by atoms with Crippen molar-refractivity contribution < 1.29 is 66.7 Å². The first-order valence-corrected chi connectivity index (χ1v) is 21.7. The van der Waals surface area contributed by atoms with Crippen LogP contribution in [0.15, 0.2) is 54.5 Å². The van der Waals surface area contributed by atoms with E-state index in [1.165, 1.54) is 40.2 Å². The van der Waals surface area contributed by atoms with E-state index in [9.17, 15) is 43.2 Å². The number of rotatable bonds is 2. The van der Waals surface area contributed by atoms with Crippen LogP contribution in [-0.2, 0) is 33.9 Å². The molecule has 336 valence electrons. The minimum Gasteiger partial charge on any atom is -0.507 e. The highest BCUT2D eigenvalue weighted by Crippen LogP contribution is 2.54. The van der Waals surface area contributed by atoms with Crippen molar-refractivity contribution in [2.45, 2.75) is 92.5 Å². The first kappa shape index (κ1) is 47.5. The Bertz CT molecular complexity index is 2630. The monoisotopic (exact) mass is 881 g/mol. The van der Waals surface area contributed by atoms with Gasteiger partial charge in [-0.2, -0.15) is 8.42 Å². The summed E-state index contributed by atoms with van der Waals surface area (Å²) >= 11 is 0. The maximum absolute atomic E-state index is 14.6. The molecule has 18 heteroatoms. The zero-order valence-corrected chi connectivity index (χ0v) is 37.3. The van der Waals surface area contributed by atoms with Gasteiger partial charge in [0.2, 0.25) is 0 Å². The highest BCUT2D eigenvalue weighted by atomic mass is 32.2. The number of ether oxygens (including phenoxy) is 4. The topological polar surface area (TPSA) is 253 Å². The largest absolute Gasteiger partial charge is 0.507 e. The molecule has 0 saturated heterocycles. The highest BCUT2D eigenvalue weighted by Gasteiger charge is 2.50. The molecule has 4 bridgehead atoms. The van der Waals surface area contributed by atoms with Gasteiger partial charge >= 0.3 is 11.8 Å². The first-order chi connectivity index (χ1) is 28.8. The van der Waals surface area contributed by atoms with E-state index in [2.05, 4.69) is 5.32 Å². The van der Waals surface area contributed by atoms with Crippen molar-refractivity contribution in [2.75, 3.05) is 18.7 Å². The van der Waals surface area contributed by atoms with Crippen LogP contribution in [0.25, 0.3) is 27.5 Å². The minimum absolute atomic E-state index is 0.0185. The summed E-state index contributed by atoms with van der Waals surface area (Å²) in [5.74, 6) is -6.96. The van der Waals surface area contributed by atoms with Gasteiger partial charge in [0.15, 0.2) is 5.75 Å². The molecule has 2 aromatic carbocycles. The summed E-state index contributed by atoms with van der Waals surface area (Å²) in [5.41, 5.74) is 2.18. The number of carbonyl (C=O) groups excluding carboxylic acids is 3. The average Bonchev–Trinajstić information content (AvgIpc) is 3.69. The number of benzene rings is 2. The number of ketones is 1. The molecule has 1 amide bonds. The lowest BCUT2D eigenvalue weighted by Crippen LogP contribution is -2.46. The summed E-state index contributed by atoms with van der Waals surface area (Å²) in [5, 5.41) is 49.4. The molecule has 0 fully saturated rings. The van der Waals surface area contributed by atoms with Crippen LogP contribution in [0.5, 0.6) is 17.2 Å². The lowest BCUT2D eigenvalue weighted by molar-refractivity contribution is -0.160. The van der Waals surface area contributed by atoms with Gasteiger partial charge in [0.05, 0.1) is 41.8 Å². The SMILES string of the molecule is CO[C@H]1/C=C/O[C@@]2(C)Oc3c(C)c(O)c4c(O)c(c5c(nc6cc(C)ccn65)c4c3C2=O)NC(=O)/C(C)=C\C=C\[C@H](C)[C@H](O)[C@@H](C)[C@@H](O)[C@@H](C)[C@H](OC(C)=O)[C@@H]1C.CS(=O)(=O)O. The minimum atomic E-state index is -3.67. The third-order valence-corrected chi connectivity index (χ3v) is 11.5. The zero-order chi connectivity index (χ0) is 46.3. The molecule has 62 heavy (non-hydrogen) atoms. The number of hydrogen-bond acceptors (Lipinski definition) is 14. The summed E-state index contributed by atoms with van der Waals surface area (Å²) in [6.45, 7) is 14.7. The lowest BCUT2D eigenvalue weighted by atomic mass is 9.78. The van der Waals surface area contributed by atoms with E-state index in [4.69, 9.17) is 28.5 Å². The van der Waals surface area contributed by atoms with Gasteiger partial charge in [-0.25, -0.2) is 4.98 Å². The van der Waals surface area contributed by atoms with Gasteiger partial charge in [-0.05, 0) is 44.5 Å². The number of imidazole rings is 1. The number of amides is 1. The number of esters is 1. The molecule has 4 aromatic rings. The summed E-state index contributed by atoms with van der Waals surface area (Å²) < 4.78 is 51.4. The van der Waals surface area contributed by atoms with E-state index in [0.29, 0.717) is 11.9 Å². The van der Waals surface area contributed by atoms with Crippen LogP contribution in [0.2, 0.25) is 0 Å². The number of fused-ring (bicyclic) bond motifs is 2. The second-order valence-electron chi connectivity index (χ2n) is 16.3. The van der Waals surface area contributed by atoms with E-state index >= 15 is 0 Å². The summed E-state index contributed by atoms with van der Waals surface area (Å²) in [7, 11) is -2.21. The molecule has 0 spiro atoms. The van der Waals surface area contributed by atoms with Crippen LogP contribution >= 0.6 is 0 Å². The fourth-order valence-electron chi connectivity index (χ4n) is 8.03. The molecule has 6 rings (SSSR count). The van der Waals surface area contributed by atoms with E-state index in [-0.39, 0.29) is 55.7 Å². The Morgan fingerprint density at radius 1 is 0.984 bits per heavy atom. The van der Waals surface area contributed by atoms with Crippen LogP contribution in [0.4, 0.5) is 5.69 Å². The molecular weight excluding hydrogens is 827 g/mol. The number of methoxy groups -OCH3 is 1. The molecule has 0 aliphatic carbocycles.